The summed E-state index contributed by atoms with van der Waals surface area (Å²) < 4.78 is 0. The molecule has 0 spiro atoms. The summed E-state index contributed by atoms with van der Waals surface area (Å²) in [5.74, 6) is -0.475. The Morgan fingerprint density at radius 1 is 1.45 bits per heavy atom. The smallest absolute Gasteiger partial charge is 0.192 e. The van der Waals surface area contributed by atoms with Gasteiger partial charge in [0.1, 0.15) is 12.2 Å². The van der Waals surface area contributed by atoms with E-state index in [0.717, 1.165) is 0 Å². The lowest BCUT2D eigenvalue weighted by Gasteiger charge is -2.10. The summed E-state index contributed by atoms with van der Waals surface area (Å²) in [5, 5.41) is 26.1. The van der Waals surface area contributed by atoms with Gasteiger partial charge in [-0.2, -0.15) is 11.8 Å². The fourth-order valence-electron chi connectivity index (χ4n) is 0.552. The summed E-state index contributed by atoms with van der Waals surface area (Å²) in [4.78, 5) is 10.8. The Hall–Kier alpha value is -0.100. The standard InChI is InChI=1S/C6H12O4S/c1-11-3-5(9)6(10)4(8)2-7/h4-5,7-9H,2-3H2,1H3/t4-,5?/m1/s1. The van der Waals surface area contributed by atoms with Crippen LogP contribution in [0.4, 0.5) is 0 Å². The highest BCUT2D eigenvalue weighted by molar-refractivity contribution is 7.98. The number of hydrogen-bond donors (Lipinski definition) is 3. The number of ketones is 1. The van der Waals surface area contributed by atoms with Crippen molar-refractivity contribution in [3.63, 3.8) is 0 Å². The summed E-state index contributed by atoms with van der Waals surface area (Å²) in [6, 6.07) is 0. The van der Waals surface area contributed by atoms with Gasteiger partial charge in [0.05, 0.1) is 6.61 Å². The molecule has 4 nitrogen and oxygen atoms in total. The lowest BCUT2D eigenvalue weighted by Crippen LogP contribution is -2.35. The van der Waals surface area contributed by atoms with Crippen LogP contribution in [0.5, 0.6) is 0 Å². The second kappa shape index (κ2) is 5.54. The van der Waals surface area contributed by atoms with Crippen molar-refractivity contribution in [2.75, 3.05) is 18.6 Å². The normalized spacial score (nSPS) is 16.0. The van der Waals surface area contributed by atoms with Crippen molar-refractivity contribution >= 4 is 17.5 Å². The summed E-state index contributed by atoms with van der Waals surface area (Å²) in [6.45, 7) is -0.635. The van der Waals surface area contributed by atoms with Crippen molar-refractivity contribution in [2.45, 2.75) is 12.2 Å². The van der Waals surface area contributed by atoms with Gasteiger partial charge in [0.15, 0.2) is 5.78 Å². The van der Waals surface area contributed by atoms with Crippen LogP contribution in [0, 0.1) is 0 Å². The number of carbonyl (C=O) groups excluding carboxylic acids is 1. The number of Topliss-reactive ketones (excluding diaryl/α,β-unsaturated/α-hetero) is 1. The summed E-state index contributed by atoms with van der Waals surface area (Å²) in [7, 11) is 0. The van der Waals surface area contributed by atoms with E-state index in [1.54, 1.807) is 6.26 Å². The van der Waals surface area contributed by atoms with Crippen LogP contribution in [-0.2, 0) is 4.79 Å². The summed E-state index contributed by atoms with van der Waals surface area (Å²) >= 11 is 1.30. The fourth-order valence-corrected chi connectivity index (χ4v) is 1.03. The van der Waals surface area contributed by atoms with Crippen molar-refractivity contribution in [3.05, 3.63) is 0 Å². The minimum Gasteiger partial charge on any atom is -0.393 e. The van der Waals surface area contributed by atoms with Crippen LogP contribution >= 0.6 is 11.8 Å². The third kappa shape index (κ3) is 3.71. The van der Waals surface area contributed by atoms with E-state index >= 15 is 0 Å². The molecule has 0 bridgehead atoms. The lowest BCUT2D eigenvalue weighted by molar-refractivity contribution is -0.136. The Balaban J connectivity index is 3.81. The molecule has 11 heavy (non-hydrogen) atoms. The highest BCUT2D eigenvalue weighted by Crippen LogP contribution is 2.00. The average molecular weight is 180 g/mol. The van der Waals surface area contributed by atoms with Crippen LogP contribution in [-0.4, -0.2) is 51.9 Å². The average Bonchev–Trinajstić information content (AvgIpc) is 2.02. The molecule has 5 heteroatoms. The number of aliphatic hydroxyl groups is 3. The SMILES string of the molecule is CSCC(O)C(=O)[C@H](O)CO. The first-order chi connectivity index (χ1) is 5.13. The number of aliphatic hydroxyl groups excluding tert-OH is 3. The highest BCUT2D eigenvalue weighted by atomic mass is 32.2. The van der Waals surface area contributed by atoms with Gasteiger partial charge in [-0.3, -0.25) is 4.79 Å². The second-order valence-corrected chi connectivity index (χ2v) is 2.98. The Kier molecular flexibility index (Phi) is 5.49. The van der Waals surface area contributed by atoms with E-state index in [1.807, 2.05) is 0 Å². The van der Waals surface area contributed by atoms with Crippen LogP contribution in [0.1, 0.15) is 0 Å². The summed E-state index contributed by atoms with van der Waals surface area (Å²) in [5.41, 5.74) is 0. The maximum Gasteiger partial charge on any atom is 0.192 e. The molecule has 0 aliphatic carbocycles. The molecule has 0 aromatic heterocycles. The van der Waals surface area contributed by atoms with Crippen LogP contribution in [0.2, 0.25) is 0 Å². The van der Waals surface area contributed by atoms with Crippen LogP contribution in [0.25, 0.3) is 0 Å². The number of thioether (sulfide) groups is 1. The van der Waals surface area contributed by atoms with Gasteiger partial charge < -0.3 is 15.3 Å². The minimum absolute atomic E-state index is 0.246. The first kappa shape index (κ1) is 10.9. The van der Waals surface area contributed by atoms with E-state index in [4.69, 9.17) is 15.3 Å². The predicted octanol–water partition coefficient (Wildman–Crippen LogP) is -1.37. The van der Waals surface area contributed by atoms with E-state index < -0.39 is 24.6 Å². The quantitative estimate of drug-likeness (QED) is 0.486. The van der Waals surface area contributed by atoms with Gasteiger partial charge in [-0.05, 0) is 6.26 Å². The third-order valence-corrected chi connectivity index (χ3v) is 1.80. The molecule has 0 aromatic rings. The molecule has 0 aliphatic rings. The molecule has 0 aliphatic heterocycles. The van der Waals surface area contributed by atoms with Gasteiger partial charge in [0.25, 0.3) is 0 Å². The highest BCUT2D eigenvalue weighted by Gasteiger charge is 2.21. The van der Waals surface area contributed by atoms with Gasteiger partial charge in [0, 0.05) is 5.75 Å². The van der Waals surface area contributed by atoms with E-state index in [9.17, 15) is 4.79 Å². The van der Waals surface area contributed by atoms with Crippen molar-refractivity contribution in [2.24, 2.45) is 0 Å². The Labute approximate surface area is 69.2 Å². The largest absolute Gasteiger partial charge is 0.393 e. The molecule has 0 heterocycles. The van der Waals surface area contributed by atoms with Gasteiger partial charge in [-0.15, -0.1) is 0 Å². The van der Waals surface area contributed by atoms with Crippen molar-refractivity contribution in [1.29, 1.82) is 0 Å². The zero-order valence-corrected chi connectivity index (χ0v) is 7.04. The van der Waals surface area contributed by atoms with E-state index in [2.05, 4.69) is 0 Å². The Morgan fingerprint density at radius 3 is 2.36 bits per heavy atom. The molecule has 0 radical (unpaired) electrons. The third-order valence-electron chi connectivity index (χ3n) is 1.15. The van der Waals surface area contributed by atoms with Crippen LogP contribution < -0.4 is 0 Å². The maximum atomic E-state index is 10.8. The molecular weight excluding hydrogens is 168 g/mol. The van der Waals surface area contributed by atoms with Crippen molar-refractivity contribution in [1.82, 2.24) is 0 Å². The lowest BCUT2D eigenvalue weighted by atomic mass is 10.1. The zero-order chi connectivity index (χ0) is 8.85. The monoisotopic (exact) mass is 180 g/mol. The zero-order valence-electron chi connectivity index (χ0n) is 6.23. The molecule has 0 fully saturated rings. The molecule has 1 unspecified atom stereocenters. The van der Waals surface area contributed by atoms with Gasteiger partial charge in [-0.25, -0.2) is 0 Å². The van der Waals surface area contributed by atoms with Crippen molar-refractivity contribution in [3.8, 4) is 0 Å². The van der Waals surface area contributed by atoms with Crippen LogP contribution in [0.3, 0.4) is 0 Å². The molecule has 0 aromatic carbocycles. The van der Waals surface area contributed by atoms with Gasteiger partial charge in [-0.1, -0.05) is 0 Å². The van der Waals surface area contributed by atoms with Crippen molar-refractivity contribution < 1.29 is 20.1 Å². The second-order valence-electron chi connectivity index (χ2n) is 2.07. The van der Waals surface area contributed by atoms with Gasteiger partial charge in [0.2, 0.25) is 0 Å². The molecule has 0 amide bonds. The van der Waals surface area contributed by atoms with Crippen LogP contribution in [0.15, 0.2) is 0 Å². The fraction of sp³-hybridized carbons (Fsp3) is 0.833. The molecule has 0 rings (SSSR count). The number of carbonyl (C=O) groups is 1. The number of hydrogen-bond acceptors (Lipinski definition) is 5. The molecule has 3 N–H and O–H groups in total. The maximum absolute atomic E-state index is 10.8. The number of rotatable bonds is 5. The predicted molar refractivity (Wildman–Crippen MR) is 42.5 cm³/mol. The molecule has 0 saturated carbocycles. The van der Waals surface area contributed by atoms with Gasteiger partial charge >= 0.3 is 0 Å². The molecule has 66 valence electrons. The minimum atomic E-state index is -1.45. The first-order valence-corrected chi connectivity index (χ1v) is 4.52. The van der Waals surface area contributed by atoms with E-state index in [1.165, 1.54) is 11.8 Å². The topological polar surface area (TPSA) is 77.8 Å². The molecule has 2 atom stereocenters. The molecular formula is C6H12O4S. The van der Waals surface area contributed by atoms with E-state index in [-0.39, 0.29) is 5.75 Å². The first-order valence-electron chi connectivity index (χ1n) is 3.13. The Morgan fingerprint density at radius 2 is 2.00 bits per heavy atom. The Bertz CT molecular complexity index is 128. The summed E-state index contributed by atoms with van der Waals surface area (Å²) in [6.07, 6.45) is -0.883. The molecule has 0 saturated heterocycles. The van der Waals surface area contributed by atoms with E-state index in [0.29, 0.717) is 0 Å².